The number of esters is 1. The number of oxazole rings is 1. The number of aromatic nitrogens is 3. The number of benzene rings is 5. The lowest BCUT2D eigenvalue weighted by Gasteiger charge is -2.17. The third kappa shape index (κ3) is 31.9. The predicted molar refractivity (Wildman–Crippen MR) is 423 cm³/mol. The first-order chi connectivity index (χ1) is 49.9. The molecule has 556 valence electrons. The molecule has 0 saturated heterocycles. The molecule has 0 aliphatic heterocycles. The Morgan fingerprint density at radius 2 is 0.614 bits per heavy atom. The Kier molecular flexibility index (Phi) is 41.7. The molecule has 11 nitrogen and oxygen atoms in total. The van der Waals surface area contributed by atoms with Crippen LogP contribution in [-0.4, -0.2) is 54.0 Å². The Balaban J connectivity index is 1.13. The maximum absolute atomic E-state index is 14.2. The highest BCUT2D eigenvalue weighted by atomic mass is 16.5. The van der Waals surface area contributed by atoms with E-state index in [1.54, 1.807) is 24.3 Å². The van der Waals surface area contributed by atoms with Gasteiger partial charge in [0.05, 0.1) is 61.0 Å². The lowest BCUT2D eigenvalue weighted by atomic mass is 10.0. The van der Waals surface area contributed by atoms with Crippen LogP contribution in [0.5, 0.6) is 34.5 Å². The zero-order valence-corrected chi connectivity index (χ0v) is 63.9. The van der Waals surface area contributed by atoms with Crippen LogP contribution in [0, 0.1) is 0 Å². The van der Waals surface area contributed by atoms with Crippen LogP contribution in [0.4, 0.5) is 0 Å². The average Bonchev–Trinajstić information content (AvgIpc) is 1.08. The summed E-state index contributed by atoms with van der Waals surface area (Å²) in [5, 5.41) is 0. The van der Waals surface area contributed by atoms with Crippen LogP contribution in [0.15, 0.2) is 101 Å². The second-order valence-corrected chi connectivity index (χ2v) is 28.7. The van der Waals surface area contributed by atoms with E-state index in [0.29, 0.717) is 89.7 Å². The van der Waals surface area contributed by atoms with Crippen molar-refractivity contribution < 1.29 is 37.6 Å². The summed E-state index contributed by atoms with van der Waals surface area (Å²) in [5.41, 5.74) is 6.75. The lowest BCUT2D eigenvalue weighted by Crippen LogP contribution is -2.09. The van der Waals surface area contributed by atoms with Gasteiger partial charge in [-0.3, -0.25) is 0 Å². The molecule has 7 rings (SSSR count). The molecule has 0 atom stereocenters. The quantitative estimate of drug-likeness (QED) is 0.0206. The fourth-order valence-corrected chi connectivity index (χ4v) is 13.5. The number of carbonyl (C=O) groups excluding carboxylic acids is 1. The van der Waals surface area contributed by atoms with Crippen LogP contribution in [0.2, 0.25) is 0 Å². The lowest BCUT2D eigenvalue weighted by molar-refractivity contribution is 0.0734. The first kappa shape index (κ1) is 81.7. The monoisotopic (exact) mass is 1380 g/mol. The molecule has 0 radical (unpaired) electrons. The largest absolute Gasteiger partial charge is 0.493 e. The van der Waals surface area contributed by atoms with E-state index in [-0.39, 0.29) is 0 Å². The summed E-state index contributed by atoms with van der Waals surface area (Å²) >= 11 is 0. The molecule has 0 aliphatic rings. The second kappa shape index (κ2) is 51.5. The van der Waals surface area contributed by atoms with Gasteiger partial charge in [-0.2, -0.15) is 0 Å². The fourth-order valence-electron chi connectivity index (χ4n) is 13.5. The summed E-state index contributed by atoms with van der Waals surface area (Å²) in [7, 11) is 0. The van der Waals surface area contributed by atoms with Gasteiger partial charge in [0.1, 0.15) is 17.0 Å². The molecule has 0 unspecified atom stereocenters. The third-order valence-electron chi connectivity index (χ3n) is 19.8. The van der Waals surface area contributed by atoms with Crippen LogP contribution in [0.3, 0.4) is 0 Å². The average molecular weight is 1390 g/mol. The van der Waals surface area contributed by atoms with Crippen LogP contribution in [0.1, 0.15) is 340 Å². The van der Waals surface area contributed by atoms with Crippen LogP contribution in [-0.2, 0) is 0 Å². The van der Waals surface area contributed by atoms with Crippen molar-refractivity contribution in [3.8, 4) is 68.5 Å². The molecule has 5 aromatic carbocycles. The van der Waals surface area contributed by atoms with Gasteiger partial charge >= 0.3 is 5.97 Å². The van der Waals surface area contributed by atoms with E-state index in [2.05, 4.69) is 65.0 Å². The van der Waals surface area contributed by atoms with Crippen LogP contribution in [0.25, 0.3) is 56.1 Å². The molecule has 11 heteroatoms. The van der Waals surface area contributed by atoms with Gasteiger partial charge in [-0.25, -0.2) is 19.7 Å². The maximum atomic E-state index is 14.2. The number of nitrogens with zero attached hydrogens (tertiary/aromatic N) is 3. The Labute approximate surface area is 611 Å². The Morgan fingerprint density at radius 1 is 0.287 bits per heavy atom. The molecule has 0 fully saturated rings. The summed E-state index contributed by atoms with van der Waals surface area (Å²) in [6, 6.07) is 30.9. The topological polar surface area (TPSA) is 124 Å². The van der Waals surface area contributed by atoms with Crippen molar-refractivity contribution >= 4 is 28.1 Å². The summed E-state index contributed by atoms with van der Waals surface area (Å²) in [6.45, 7) is 14.5. The van der Waals surface area contributed by atoms with E-state index in [0.717, 1.165) is 97.2 Å². The van der Waals surface area contributed by atoms with Crippen molar-refractivity contribution in [1.29, 1.82) is 0 Å². The number of fused-ring (bicyclic) bond motifs is 2. The first-order valence-corrected chi connectivity index (χ1v) is 41.4. The van der Waals surface area contributed by atoms with Gasteiger partial charge < -0.3 is 32.8 Å². The molecular formula is C90H133N3O8. The van der Waals surface area contributed by atoms with E-state index in [4.69, 9.17) is 47.8 Å². The number of hydrogen-bond donors (Lipinski definition) is 0. The van der Waals surface area contributed by atoms with Gasteiger partial charge in [-0.15, -0.1) is 0 Å². The molecule has 0 spiro atoms. The first-order valence-electron chi connectivity index (χ1n) is 41.4. The number of ether oxygens (including phenoxy) is 6. The summed E-state index contributed by atoms with van der Waals surface area (Å²) in [5.74, 6) is 4.04. The molecule has 2 heterocycles. The molecule has 7 aromatic rings. The van der Waals surface area contributed by atoms with E-state index in [9.17, 15) is 4.79 Å². The van der Waals surface area contributed by atoms with Gasteiger partial charge in [0.2, 0.25) is 5.89 Å². The summed E-state index contributed by atoms with van der Waals surface area (Å²) in [4.78, 5) is 29.9. The van der Waals surface area contributed by atoms with Crippen LogP contribution < -0.4 is 28.4 Å². The molecule has 2 aromatic heterocycles. The van der Waals surface area contributed by atoms with Gasteiger partial charge in [0.25, 0.3) is 0 Å². The van der Waals surface area contributed by atoms with Crippen molar-refractivity contribution in [2.24, 2.45) is 0 Å². The minimum Gasteiger partial charge on any atom is -0.493 e. The fraction of sp³-hybridized carbons (Fsp3) is 0.622. The minimum atomic E-state index is -0.508. The van der Waals surface area contributed by atoms with Crippen molar-refractivity contribution in [2.75, 3.05) is 33.0 Å². The maximum Gasteiger partial charge on any atom is 0.343 e. The number of carbonyl (C=O) groups is 1. The molecule has 0 N–H and O–H groups in total. The summed E-state index contributed by atoms with van der Waals surface area (Å²) < 4.78 is 45.2. The van der Waals surface area contributed by atoms with Gasteiger partial charge in [-0.1, -0.05) is 298 Å². The van der Waals surface area contributed by atoms with Crippen molar-refractivity contribution in [1.82, 2.24) is 15.0 Å². The van der Waals surface area contributed by atoms with Crippen molar-refractivity contribution in [3.05, 3.63) is 103 Å². The smallest absolute Gasteiger partial charge is 0.343 e. The van der Waals surface area contributed by atoms with E-state index in [1.165, 1.54) is 238 Å². The van der Waals surface area contributed by atoms with E-state index >= 15 is 0 Å². The Hall–Kier alpha value is -6.62. The summed E-state index contributed by atoms with van der Waals surface area (Å²) in [6.07, 6.45) is 57.7. The molecular weight excluding hydrogens is 1250 g/mol. The number of rotatable bonds is 61. The van der Waals surface area contributed by atoms with E-state index < -0.39 is 5.97 Å². The zero-order valence-electron chi connectivity index (χ0n) is 63.9. The van der Waals surface area contributed by atoms with Crippen LogP contribution >= 0.6 is 0 Å². The standard InChI is InChI=1S/C90H133N3O8/c1-6-11-16-21-26-30-34-38-43-48-65-96-82-62-55-74(70-85(82)98-67-50-45-40-36-32-28-23-18-13-8-3)87-88(75-56-63-83(97-66-49-44-39-35-31-27-22-17-12-7-2)86(71-75)99-68-51-46-41-37-33-29-24-19-14-9-4)92-81-69-76(54-60-79(81)91-87)90(94)100-77-57-52-73(53-58-77)89-93-80-61-59-78(72-84(80)101-89)95-64-47-42-25-20-15-10-5/h52-63,69-72H,6-51,64-68H2,1-5H3. The van der Waals surface area contributed by atoms with Crippen molar-refractivity contribution in [3.63, 3.8) is 0 Å². The molecule has 0 amide bonds. The van der Waals surface area contributed by atoms with Gasteiger partial charge in [0.15, 0.2) is 28.6 Å². The van der Waals surface area contributed by atoms with Crippen molar-refractivity contribution in [2.45, 2.75) is 330 Å². The highest BCUT2D eigenvalue weighted by Gasteiger charge is 2.21. The van der Waals surface area contributed by atoms with Gasteiger partial charge in [0, 0.05) is 22.8 Å². The molecule has 0 bridgehead atoms. The molecule has 101 heavy (non-hydrogen) atoms. The normalized spacial score (nSPS) is 11.5. The third-order valence-corrected chi connectivity index (χ3v) is 19.8. The number of hydrogen-bond acceptors (Lipinski definition) is 11. The highest BCUT2D eigenvalue weighted by molar-refractivity contribution is 5.96. The molecule has 0 aliphatic carbocycles. The zero-order chi connectivity index (χ0) is 70.8. The molecule has 0 saturated carbocycles. The predicted octanol–water partition coefficient (Wildman–Crippen LogP) is 27.9. The van der Waals surface area contributed by atoms with E-state index in [1.807, 2.05) is 42.5 Å². The second-order valence-electron chi connectivity index (χ2n) is 28.7. The Bertz CT molecular complexity index is 3300. The SMILES string of the molecule is CCCCCCCCCCCCOc1ccc(-c2nc3ccc(C(=O)Oc4ccc(-c5nc6ccc(OCCCCCCCC)cc6o5)cc4)cc3nc2-c2ccc(OCCCCCCCCCCCC)c(OCCCCCCCCCCCC)c2)cc1OCCCCCCCCCCCC. The van der Waals surface area contributed by atoms with Gasteiger partial charge in [-0.05, 0) is 123 Å². The Morgan fingerprint density at radius 3 is 1.01 bits per heavy atom. The minimum absolute atomic E-state index is 0.353. The highest BCUT2D eigenvalue weighted by Crippen LogP contribution is 2.41. The number of unbranched alkanes of at least 4 members (excludes halogenated alkanes) is 41.